The van der Waals surface area contributed by atoms with E-state index >= 15 is 0 Å². The fraction of sp³-hybridized carbons (Fsp3) is 0.273. The third kappa shape index (κ3) is 2.91. The van der Waals surface area contributed by atoms with Crippen LogP contribution in [0.25, 0.3) is 10.2 Å². The second-order valence-corrected chi connectivity index (χ2v) is 6.27. The molecule has 0 aliphatic carbocycles. The number of aryl methyl sites for hydroxylation is 1. The molecule has 0 bridgehead atoms. The van der Waals surface area contributed by atoms with Crippen molar-refractivity contribution in [2.45, 2.75) is 17.7 Å². The van der Waals surface area contributed by atoms with Crippen molar-refractivity contribution in [1.82, 2.24) is 4.98 Å². The molecule has 0 saturated carbocycles. The summed E-state index contributed by atoms with van der Waals surface area (Å²) >= 11 is 9.07. The van der Waals surface area contributed by atoms with E-state index in [1.807, 2.05) is 19.1 Å². The number of aliphatic carboxylic acids is 1. The maximum absolute atomic E-state index is 10.4. The number of carbonyl (C=O) groups is 1. The second kappa shape index (κ2) is 5.25. The number of halogens is 1. The predicted octanol–water partition coefficient (Wildman–Crippen LogP) is 3.82. The molecule has 0 amide bonds. The molecule has 2 aromatic rings. The zero-order chi connectivity index (χ0) is 12.4. The lowest BCUT2D eigenvalue weighted by atomic mass is 10.2. The number of hydrogen-bond acceptors (Lipinski definition) is 4. The summed E-state index contributed by atoms with van der Waals surface area (Å²) in [4.78, 5) is 14.9. The molecular weight excluding hydrogens is 278 g/mol. The van der Waals surface area contributed by atoms with Gasteiger partial charge in [0, 0.05) is 10.8 Å². The minimum Gasteiger partial charge on any atom is -0.481 e. The van der Waals surface area contributed by atoms with Gasteiger partial charge in [-0.05, 0) is 24.6 Å². The minimum atomic E-state index is -0.780. The van der Waals surface area contributed by atoms with Crippen molar-refractivity contribution >= 4 is 50.9 Å². The summed E-state index contributed by atoms with van der Waals surface area (Å²) in [5, 5.41) is 9.28. The highest BCUT2D eigenvalue weighted by Gasteiger charge is 2.09. The Morgan fingerprint density at radius 3 is 3.06 bits per heavy atom. The highest BCUT2D eigenvalue weighted by atomic mass is 35.5. The Bertz CT molecular complexity index is 568. The third-order valence-corrected chi connectivity index (χ3v) is 4.84. The first-order valence-corrected chi connectivity index (χ1v) is 7.16. The zero-order valence-corrected chi connectivity index (χ0v) is 11.5. The first-order valence-electron chi connectivity index (χ1n) is 4.98. The average Bonchev–Trinajstić information content (AvgIpc) is 2.67. The molecule has 0 radical (unpaired) electrons. The van der Waals surface area contributed by atoms with Gasteiger partial charge in [-0.15, -0.1) is 11.3 Å². The van der Waals surface area contributed by atoms with Crippen molar-refractivity contribution in [3.63, 3.8) is 0 Å². The summed E-state index contributed by atoms with van der Waals surface area (Å²) in [5.41, 5.74) is 1.89. The molecule has 90 valence electrons. The molecular formula is C11H10ClNO2S2. The number of aromatic nitrogens is 1. The summed E-state index contributed by atoms with van der Waals surface area (Å²) in [7, 11) is 0. The summed E-state index contributed by atoms with van der Waals surface area (Å²) < 4.78 is 1.98. The maximum Gasteiger partial charge on any atom is 0.304 e. The molecule has 2 rings (SSSR count). The summed E-state index contributed by atoms with van der Waals surface area (Å²) in [5.74, 6) is -0.236. The van der Waals surface area contributed by atoms with E-state index in [0.29, 0.717) is 10.8 Å². The fourth-order valence-electron chi connectivity index (χ4n) is 1.37. The van der Waals surface area contributed by atoms with Gasteiger partial charge in [-0.2, -0.15) is 0 Å². The van der Waals surface area contributed by atoms with Crippen LogP contribution in [0.2, 0.25) is 5.02 Å². The van der Waals surface area contributed by atoms with E-state index in [-0.39, 0.29) is 6.42 Å². The van der Waals surface area contributed by atoms with Gasteiger partial charge in [0.2, 0.25) is 0 Å². The predicted molar refractivity (Wildman–Crippen MR) is 72.3 cm³/mol. The molecule has 0 fully saturated rings. The normalized spacial score (nSPS) is 10.9. The molecule has 0 unspecified atom stereocenters. The van der Waals surface area contributed by atoms with Gasteiger partial charge in [-0.1, -0.05) is 23.4 Å². The van der Waals surface area contributed by atoms with E-state index < -0.39 is 5.97 Å². The van der Waals surface area contributed by atoms with Gasteiger partial charge in [0.05, 0.1) is 16.6 Å². The van der Waals surface area contributed by atoms with Crippen LogP contribution >= 0.6 is 34.7 Å². The molecule has 3 nitrogen and oxygen atoms in total. The lowest BCUT2D eigenvalue weighted by Gasteiger charge is -1.96. The van der Waals surface area contributed by atoms with Gasteiger partial charge in [0.1, 0.15) is 0 Å². The molecule has 6 heteroatoms. The highest BCUT2D eigenvalue weighted by molar-refractivity contribution is 8.01. The monoisotopic (exact) mass is 287 g/mol. The van der Waals surface area contributed by atoms with Gasteiger partial charge < -0.3 is 5.11 Å². The Labute approximate surface area is 112 Å². The Balaban J connectivity index is 2.20. The molecule has 1 aromatic heterocycles. The van der Waals surface area contributed by atoms with Gasteiger partial charge in [0.25, 0.3) is 0 Å². The van der Waals surface area contributed by atoms with E-state index in [2.05, 4.69) is 4.98 Å². The van der Waals surface area contributed by atoms with Crippen molar-refractivity contribution in [3.8, 4) is 0 Å². The van der Waals surface area contributed by atoms with Crippen molar-refractivity contribution in [2.24, 2.45) is 0 Å². The van der Waals surface area contributed by atoms with Crippen LogP contribution in [0, 0.1) is 6.92 Å². The number of thiazole rings is 1. The van der Waals surface area contributed by atoms with E-state index in [9.17, 15) is 4.79 Å². The van der Waals surface area contributed by atoms with Gasteiger partial charge in [-0.3, -0.25) is 4.79 Å². The molecule has 1 heterocycles. The Hall–Kier alpha value is -0.780. The summed E-state index contributed by atoms with van der Waals surface area (Å²) in [6.45, 7) is 1.94. The number of nitrogens with zero attached hydrogens (tertiary/aromatic N) is 1. The number of carboxylic acids is 1. The summed E-state index contributed by atoms with van der Waals surface area (Å²) in [6, 6.07) is 3.81. The molecule has 0 saturated heterocycles. The number of benzene rings is 1. The first-order chi connectivity index (χ1) is 8.08. The van der Waals surface area contributed by atoms with Crippen LogP contribution < -0.4 is 0 Å². The van der Waals surface area contributed by atoms with Crippen molar-refractivity contribution < 1.29 is 9.90 Å². The van der Waals surface area contributed by atoms with E-state index in [0.717, 1.165) is 20.1 Å². The Morgan fingerprint density at radius 1 is 1.59 bits per heavy atom. The molecule has 0 atom stereocenters. The standard InChI is InChI=1S/C11H10ClNO2S2/c1-6-7(12)2-3-8-10(6)13-11(17-8)16-5-4-9(14)15/h2-3H,4-5H2,1H3,(H,14,15). The number of fused-ring (bicyclic) bond motifs is 1. The Morgan fingerprint density at radius 2 is 2.35 bits per heavy atom. The van der Waals surface area contributed by atoms with Crippen LogP contribution in [-0.2, 0) is 4.79 Å². The number of hydrogen-bond donors (Lipinski definition) is 1. The molecule has 0 spiro atoms. The largest absolute Gasteiger partial charge is 0.481 e. The fourth-order valence-corrected chi connectivity index (χ4v) is 3.64. The summed E-state index contributed by atoms with van der Waals surface area (Å²) in [6.07, 6.45) is 0.153. The highest BCUT2D eigenvalue weighted by Crippen LogP contribution is 2.33. The van der Waals surface area contributed by atoms with E-state index in [1.54, 1.807) is 11.3 Å². The lowest BCUT2D eigenvalue weighted by molar-refractivity contribution is -0.136. The molecule has 1 N–H and O–H groups in total. The zero-order valence-electron chi connectivity index (χ0n) is 9.07. The van der Waals surface area contributed by atoms with Gasteiger partial charge in [0.15, 0.2) is 4.34 Å². The van der Waals surface area contributed by atoms with Crippen LogP contribution in [0.3, 0.4) is 0 Å². The average molecular weight is 288 g/mol. The van der Waals surface area contributed by atoms with Gasteiger partial charge in [-0.25, -0.2) is 4.98 Å². The quantitative estimate of drug-likeness (QED) is 0.869. The van der Waals surface area contributed by atoms with Crippen molar-refractivity contribution in [3.05, 3.63) is 22.7 Å². The smallest absolute Gasteiger partial charge is 0.304 e. The SMILES string of the molecule is Cc1c(Cl)ccc2sc(SCCC(=O)O)nc12. The van der Waals surface area contributed by atoms with Crippen LogP contribution in [-0.4, -0.2) is 21.8 Å². The van der Waals surface area contributed by atoms with E-state index in [1.165, 1.54) is 11.8 Å². The minimum absolute atomic E-state index is 0.153. The first kappa shape index (κ1) is 12.7. The maximum atomic E-state index is 10.4. The van der Waals surface area contributed by atoms with Crippen LogP contribution in [0.1, 0.15) is 12.0 Å². The van der Waals surface area contributed by atoms with Crippen molar-refractivity contribution in [2.75, 3.05) is 5.75 Å². The van der Waals surface area contributed by atoms with E-state index in [4.69, 9.17) is 16.7 Å². The second-order valence-electron chi connectivity index (χ2n) is 3.49. The molecule has 0 aliphatic heterocycles. The topological polar surface area (TPSA) is 50.2 Å². The number of carboxylic acid groups (broad SMARTS) is 1. The van der Waals surface area contributed by atoms with Crippen molar-refractivity contribution in [1.29, 1.82) is 0 Å². The number of rotatable bonds is 4. The van der Waals surface area contributed by atoms with Crippen LogP contribution in [0.5, 0.6) is 0 Å². The molecule has 0 aliphatic rings. The van der Waals surface area contributed by atoms with Gasteiger partial charge >= 0.3 is 5.97 Å². The lowest BCUT2D eigenvalue weighted by Crippen LogP contribution is -1.95. The Kier molecular flexibility index (Phi) is 3.91. The van der Waals surface area contributed by atoms with Crippen LogP contribution in [0.4, 0.5) is 0 Å². The van der Waals surface area contributed by atoms with Crippen LogP contribution in [0.15, 0.2) is 16.5 Å². The number of thioether (sulfide) groups is 1. The third-order valence-electron chi connectivity index (χ3n) is 2.27. The molecule has 17 heavy (non-hydrogen) atoms. The molecule has 1 aromatic carbocycles.